The maximum atomic E-state index is 12.8. The summed E-state index contributed by atoms with van der Waals surface area (Å²) >= 11 is 0. The van der Waals surface area contributed by atoms with Crippen LogP contribution < -0.4 is 10.6 Å². The Morgan fingerprint density at radius 2 is 1.96 bits per heavy atom. The van der Waals surface area contributed by atoms with Crippen LogP contribution in [0.4, 0.5) is 18.0 Å². The maximum absolute atomic E-state index is 12.8. The molecule has 6 nitrogen and oxygen atoms in total. The standard InChI is InChI=1S/C18H20F3N3O3/c1-11(12-5-4-6-13(9-12)18(19,20)21)22-14(25)10-24-15(26)17(23-16(24)27)7-2-3-8-17/h4-6,9,11H,2-3,7-8,10H2,1H3,(H,22,25)(H,23,27). The van der Waals surface area contributed by atoms with Gasteiger partial charge in [-0.1, -0.05) is 25.0 Å². The second kappa shape index (κ2) is 6.86. The fraction of sp³-hybridized carbons (Fsp3) is 0.500. The monoisotopic (exact) mass is 383 g/mol. The van der Waals surface area contributed by atoms with Crippen molar-refractivity contribution in [3.05, 3.63) is 35.4 Å². The highest BCUT2D eigenvalue weighted by Gasteiger charge is 2.52. The third-order valence-electron chi connectivity index (χ3n) is 5.10. The first-order valence-electron chi connectivity index (χ1n) is 8.73. The second-order valence-electron chi connectivity index (χ2n) is 7.02. The zero-order valence-electron chi connectivity index (χ0n) is 14.7. The van der Waals surface area contributed by atoms with Gasteiger partial charge in [0.1, 0.15) is 12.1 Å². The maximum Gasteiger partial charge on any atom is 0.416 e. The van der Waals surface area contributed by atoms with E-state index in [9.17, 15) is 27.6 Å². The predicted octanol–water partition coefficient (Wildman–Crippen LogP) is 2.75. The van der Waals surface area contributed by atoms with Gasteiger partial charge in [0.05, 0.1) is 11.6 Å². The summed E-state index contributed by atoms with van der Waals surface area (Å²) in [6.07, 6.45) is -1.71. The molecule has 1 aliphatic heterocycles. The Hall–Kier alpha value is -2.58. The molecule has 0 bridgehead atoms. The molecule has 4 amide bonds. The van der Waals surface area contributed by atoms with E-state index in [1.807, 2.05) is 0 Å². The lowest BCUT2D eigenvalue weighted by Gasteiger charge is -2.21. The van der Waals surface area contributed by atoms with Crippen LogP contribution in [0.3, 0.4) is 0 Å². The number of alkyl halides is 3. The molecule has 1 saturated carbocycles. The van der Waals surface area contributed by atoms with E-state index in [4.69, 9.17) is 0 Å². The van der Waals surface area contributed by atoms with Crippen molar-refractivity contribution in [2.75, 3.05) is 6.54 Å². The molecule has 1 heterocycles. The molecule has 2 aliphatic rings. The van der Waals surface area contributed by atoms with Crippen LogP contribution in [0.1, 0.15) is 49.8 Å². The van der Waals surface area contributed by atoms with E-state index in [1.165, 1.54) is 19.1 Å². The van der Waals surface area contributed by atoms with Crippen LogP contribution in [0, 0.1) is 0 Å². The molecule has 0 radical (unpaired) electrons. The van der Waals surface area contributed by atoms with Crippen molar-refractivity contribution >= 4 is 17.8 Å². The Labute approximate surface area is 154 Å². The lowest BCUT2D eigenvalue weighted by atomic mass is 9.98. The van der Waals surface area contributed by atoms with E-state index in [2.05, 4.69) is 10.6 Å². The number of hydrogen-bond donors (Lipinski definition) is 2. The molecule has 1 aromatic carbocycles. The minimum Gasteiger partial charge on any atom is -0.348 e. The molecule has 2 fully saturated rings. The van der Waals surface area contributed by atoms with Crippen LogP contribution in [-0.4, -0.2) is 34.8 Å². The fourth-order valence-electron chi connectivity index (χ4n) is 3.64. The number of carbonyl (C=O) groups excluding carboxylic acids is 3. The van der Waals surface area contributed by atoms with Gasteiger partial charge in [-0.05, 0) is 37.5 Å². The van der Waals surface area contributed by atoms with Crippen molar-refractivity contribution in [3.63, 3.8) is 0 Å². The topological polar surface area (TPSA) is 78.5 Å². The number of urea groups is 1. The van der Waals surface area contributed by atoms with Crippen LogP contribution in [0.2, 0.25) is 0 Å². The van der Waals surface area contributed by atoms with Gasteiger partial charge in [-0.25, -0.2) is 4.79 Å². The Kier molecular flexibility index (Phi) is 4.88. The predicted molar refractivity (Wildman–Crippen MR) is 89.4 cm³/mol. The number of halogens is 3. The van der Waals surface area contributed by atoms with Crippen LogP contribution in [-0.2, 0) is 15.8 Å². The third kappa shape index (κ3) is 3.77. The molecular weight excluding hydrogens is 363 g/mol. The van der Waals surface area contributed by atoms with Crippen LogP contribution in [0.5, 0.6) is 0 Å². The molecule has 1 spiro atoms. The summed E-state index contributed by atoms with van der Waals surface area (Å²) in [5.74, 6) is -1.02. The van der Waals surface area contributed by atoms with E-state index in [1.54, 1.807) is 0 Å². The van der Waals surface area contributed by atoms with Crippen molar-refractivity contribution in [2.24, 2.45) is 0 Å². The van der Waals surface area contributed by atoms with Crippen molar-refractivity contribution in [3.8, 4) is 0 Å². The normalized spacial score (nSPS) is 20.1. The molecular formula is C18H20F3N3O3. The summed E-state index contributed by atoms with van der Waals surface area (Å²) in [7, 11) is 0. The third-order valence-corrected chi connectivity index (χ3v) is 5.10. The van der Waals surface area contributed by atoms with Crippen LogP contribution in [0.25, 0.3) is 0 Å². The first-order valence-corrected chi connectivity index (χ1v) is 8.73. The summed E-state index contributed by atoms with van der Waals surface area (Å²) < 4.78 is 38.5. The Morgan fingerprint density at radius 3 is 2.59 bits per heavy atom. The quantitative estimate of drug-likeness (QED) is 0.785. The average molecular weight is 383 g/mol. The summed E-state index contributed by atoms with van der Waals surface area (Å²) in [5.41, 5.74) is -1.43. The second-order valence-corrected chi connectivity index (χ2v) is 7.02. The van der Waals surface area contributed by atoms with E-state index < -0.39 is 47.7 Å². The summed E-state index contributed by atoms with van der Waals surface area (Å²) in [5, 5.41) is 5.22. The summed E-state index contributed by atoms with van der Waals surface area (Å²) in [6, 6.07) is 3.34. The molecule has 2 N–H and O–H groups in total. The number of carbonyl (C=O) groups is 3. The number of rotatable bonds is 4. The van der Waals surface area contributed by atoms with Crippen molar-refractivity contribution in [2.45, 2.75) is 50.4 Å². The smallest absolute Gasteiger partial charge is 0.348 e. The minimum absolute atomic E-state index is 0.280. The Morgan fingerprint density at radius 1 is 1.30 bits per heavy atom. The van der Waals surface area contributed by atoms with Gasteiger partial charge in [0, 0.05) is 0 Å². The van der Waals surface area contributed by atoms with E-state index in [-0.39, 0.29) is 5.56 Å². The van der Waals surface area contributed by atoms with Crippen LogP contribution in [0.15, 0.2) is 24.3 Å². The van der Waals surface area contributed by atoms with E-state index in [0.29, 0.717) is 12.8 Å². The van der Waals surface area contributed by atoms with Crippen molar-refractivity contribution in [1.29, 1.82) is 0 Å². The molecule has 1 atom stereocenters. The Balaban J connectivity index is 1.64. The van der Waals surface area contributed by atoms with Crippen molar-refractivity contribution in [1.82, 2.24) is 15.5 Å². The lowest BCUT2D eigenvalue weighted by molar-refractivity contribution is -0.137. The first-order chi connectivity index (χ1) is 12.6. The molecule has 146 valence electrons. The molecule has 9 heteroatoms. The Bertz CT molecular complexity index is 773. The zero-order valence-corrected chi connectivity index (χ0v) is 14.7. The largest absolute Gasteiger partial charge is 0.416 e. The zero-order chi connectivity index (χ0) is 19.8. The molecule has 1 aromatic rings. The van der Waals surface area contributed by atoms with Gasteiger partial charge >= 0.3 is 12.2 Å². The van der Waals surface area contributed by atoms with E-state index >= 15 is 0 Å². The number of hydrogen-bond acceptors (Lipinski definition) is 3. The SMILES string of the molecule is CC(NC(=O)CN1C(=O)NC2(CCCC2)C1=O)c1cccc(C(F)(F)F)c1. The molecule has 0 aromatic heterocycles. The highest BCUT2D eigenvalue weighted by Crippen LogP contribution is 2.35. The highest BCUT2D eigenvalue weighted by atomic mass is 19.4. The van der Waals surface area contributed by atoms with Gasteiger partial charge in [-0.15, -0.1) is 0 Å². The van der Waals surface area contributed by atoms with Gasteiger partial charge in [-0.2, -0.15) is 13.2 Å². The van der Waals surface area contributed by atoms with Gasteiger partial charge in [-0.3, -0.25) is 14.5 Å². The van der Waals surface area contributed by atoms with Crippen LogP contribution >= 0.6 is 0 Å². The highest BCUT2D eigenvalue weighted by molar-refractivity contribution is 6.09. The molecule has 1 saturated heterocycles. The van der Waals surface area contributed by atoms with Crippen molar-refractivity contribution < 1.29 is 27.6 Å². The minimum atomic E-state index is -4.48. The average Bonchev–Trinajstić information content (AvgIpc) is 3.15. The lowest BCUT2D eigenvalue weighted by Crippen LogP contribution is -2.45. The molecule has 1 aliphatic carbocycles. The molecule has 3 rings (SSSR count). The van der Waals surface area contributed by atoms with E-state index in [0.717, 1.165) is 29.9 Å². The number of nitrogens with one attached hydrogen (secondary N) is 2. The van der Waals surface area contributed by atoms with Gasteiger partial charge < -0.3 is 10.6 Å². The molecule has 27 heavy (non-hydrogen) atoms. The number of benzene rings is 1. The fourth-order valence-corrected chi connectivity index (χ4v) is 3.64. The molecule has 1 unspecified atom stereocenters. The first kappa shape index (κ1) is 19.2. The summed E-state index contributed by atoms with van der Waals surface area (Å²) in [6.45, 7) is 1.08. The van der Waals surface area contributed by atoms with Gasteiger partial charge in [0.25, 0.3) is 5.91 Å². The number of amides is 4. The van der Waals surface area contributed by atoms with Gasteiger partial charge in [0.2, 0.25) is 5.91 Å². The summed E-state index contributed by atoms with van der Waals surface area (Å²) in [4.78, 5) is 37.7. The number of imide groups is 1. The van der Waals surface area contributed by atoms with Gasteiger partial charge in [0.15, 0.2) is 0 Å². The number of nitrogens with zero attached hydrogens (tertiary/aromatic N) is 1.